The second-order valence-corrected chi connectivity index (χ2v) is 7.76. The zero-order valence-corrected chi connectivity index (χ0v) is 15.6. The molecular weight excluding hydrogens is 358 g/mol. The number of carbonyl (C=O) groups excluding carboxylic acids is 1. The first-order valence-electron chi connectivity index (χ1n) is 7.73. The molecule has 0 bridgehead atoms. The standard InChI is InChI=1S/C16H17N5O2S2/c1-4-12(13(22)18-15-20-19-9(2)24-15)25-16-17-11-8-6-5-7-10(11)14(23)21(16)3/h5-8,12H,4H2,1-3H3,(H,18,20,22). The lowest BCUT2D eigenvalue weighted by Gasteiger charge is -2.15. The number of amides is 1. The largest absolute Gasteiger partial charge is 0.300 e. The van der Waals surface area contributed by atoms with Crippen LogP contribution in [0.25, 0.3) is 10.9 Å². The molecule has 25 heavy (non-hydrogen) atoms. The first kappa shape index (κ1) is 17.6. The summed E-state index contributed by atoms with van der Waals surface area (Å²) in [5.74, 6) is -0.175. The van der Waals surface area contributed by atoms with E-state index in [-0.39, 0.29) is 16.7 Å². The number of nitrogens with one attached hydrogen (secondary N) is 1. The fraction of sp³-hybridized carbons (Fsp3) is 0.312. The molecule has 1 unspecified atom stereocenters. The average molecular weight is 375 g/mol. The molecule has 2 heterocycles. The molecular formula is C16H17N5O2S2. The zero-order valence-electron chi connectivity index (χ0n) is 14.0. The number of benzene rings is 1. The second kappa shape index (κ2) is 7.32. The number of fused-ring (bicyclic) bond motifs is 1. The molecule has 130 valence electrons. The van der Waals surface area contributed by atoms with E-state index in [1.165, 1.54) is 27.7 Å². The Labute approximate surface area is 152 Å². The molecule has 3 aromatic rings. The molecule has 9 heteroatoms. The molecule has 0 aliphatic rings. The number of anilines is 1. The molecule has 0 radical (unpaired) electrons. The van der Waals surface area contributed by atoms with Crippen LogP contribution in [0.5, 0.6) is 0 Å². The quantitative estimate of drug-likeness (QED) is 0.545. The van der Waals surface area contributed by atoms with Gasteiger partial charge in [-0.05, 0) is 25.5 Å². The van der Waals surface area contributed by atoms with Gasteiger partial charge in [0.2, 0.25) is 11.0 Å². The van der Waals surface area contributed by atoms with Gasteiger partial charge in [0.05, 0.1) is 16.2 Å². The highest BCUT2D eigenvalue weighted by atomic mass is 32.2. The monoisotopic (exact) mass is 375 g/mol. The van der Waals surface area contributed by atoms with Crippen molar-refractivity contribution >= 4 is 45.0 Å². The maximum atomic E-state index is 12.5. The zero-order chi connectivity index (χ0) is 18.0. The lowest BCUT2D eigenvalue weighted by molar-refractivity contribution is -0.115. The molecule has 1 aromatic carbocycles. The van der Waals surface area contributed by atoms with Gasteiger partial charge in [0.15, 0.2) is 5.16 Å². The van der Waals surface area contributed by atoms with Crippen LogP contribution in [-0.2, 0) is 11.8 Å². The van der Waals surface area contributed by atoms with E-state index in [1.807, 2.05) is 26.0 Å². The van der Waals surface area contributed by atoms with Crippen molar-refractivity contribution in [3.8, 4) is 0 Å². The van der Waals surface area contributed by atoms with Gasteiger partial charge in [-0.3, -0.25) is 19.5 Å². The van der Waals surface area contributed by atoms with Crippen LogP contribution in [0.2, 0.25) is 0 Å². The first-order valence-corrected chi connectivity index (χ1v) is 9.42. The van der Waals surface area contributed by atoms with Crippen LogP contribution in [-0.4, -0.2) is 30.9 Å². The predicted molar refractivity (Wildman–Crippen MR) is 100 cm³/mol. The van der Waals surface area contributed by atoms with Crippen LogP contribution >= 0.6 is 23.1 Å². The van der Waals surface area contributed by atoms with E-state index < -0.39 is 0 Å². The maximum absolute atomic E-state index is 12.5. The van der Waals surface area contributed by atoms with Crippen LogP contribution in [0, 0.1) is 6.92 Å². The van der Waals surface area contributed by atoms with Gasteiger partial charge in [-0.15, -0.1) is 10.2 Å². The fourth-order valence-electron chi connectivity index (χ4n) is 2.29. The Hall–Kier alpha value is -2.26. The molecule has 7 nitrogen and oxygen atoms in total. The summed E-state index contributed by atoms with van der Waals surface area (Å²) in [6.45, 7) is 3.75. The number of aryl methyl sites for hydroxylation is 1. The van der Waals surface area contributed by atoms with Crippen molar-refractivity contribution in [1.29, 1.82) is 0 Å². The molecule has 2 aromatic heterocycles. The first-order chi connectivity index (χ1) is 12.0. The summed E-state index contributed by atoms with van der Waals surface area (Å²) in [6, 6.07) is 7.20. The molecule has 1 atom stereocenters. The van der Waals surface area contributed by atoms with Crippen molar-refractivity contribution < 1.29 is 4.79 Å². The van der Waals surface area contributed by atoms with Gasteiger partial charge >= 0.3 is 0 Å². The summed E-state index contributed by atoms with van der Waals surface area (Å²) in [7, 11) is 1.67. The number of thioether (sulfide) groups is 1. The third kappa shape index (κ3) is 3.72. The molecule has 3 rings (SSSR count). The van der Waals surface area contributed by atoms with Crippen LogP contribution in [0.4, 0.5) is 5.13 Å². The average Bonchev–Trinajstić information content (AvgIpc) is 3.01. The second-order valence-electron chi connectivity index (χ2n) is 5.41. The number of para-hydroxylation sites is 1. The summed E-state index contributed by atoms with van der Waals surface area (Å²) < 4.78 is 1.48. The van der Waals surface area contributed by atoms with E-state index in [0.717, 1.165) is 5.01 Å². The molecule has 0 aliphatic heterocycles. The molecule has 0 fully saturated rings. The third-order valence-corrected chi connectivity index (χ3v) is 5.77. The summed E-state index contributed by atoms with van der Waals surface area (Å²) in [6.07, 6.45) is 0.594. The maximum Gasteiger partial charge on any atom is 0.261 e. The van der Waals surface area contributed by atoms with Gasteiger partial charge < -0.3 is 0 Å². The third-order valence-electron chi connectivity index (χ3n) is 3.61. The fourth-order valence-corrected chi connectivity index (χ4v) is 3.86. The summed E-state index contributed by atoms with van der Waals surface area (Å²) >= 11 is 2.60. The van der Waals surface area contributed by atoms with Gasteiger partial charge in [0.1, 0.15) is 5.01 Å². The van der Waals surface area contributed by atoms with E-state index in [2.05, 4.69) is 20.5 Å². The Balaban J connectivity index is 1.86. The van der Waals surface area contributed by atoms with Crippen molar-refractivity contribution in [2.24, 2.45) is 7.05 Å². The Bertz CT molecular complexity index is 982. The van der Waals surface area contributed by atoms with Crippen LogP contribution in [0.1, 0.15) is 18.4 Å². The van der Waals surface area contributed by atoms with E-state index >= 15 is 0 Å². The van der Waals surface area contributed by atoms with Crippen molar-refractivity contribution in [2.75, 3.05) is 5.32 Å². The molecule has 0 aliphatic carbocycles. The van der Waals surface area contributed by atoms with Crippen LogP contribution in [0.15, 0.2) is 34.2 Å². The van der Waals surface area contributed by atoms with Crippen molar-refractivity contribution in [3.63, 3.8) is 0 Å². The number of aromatic nitrogens is 4. The number of hydrogen-bond acceptors (Lipinski definition) is 7. The summed E-state index contributed by atoms with van der Waals surface area (Å²) in [5.41, 5.74) is 0.506. The highest BCUT2D eigenvalue weighted by molar-refractivity contribution is 8.00. The smallest absolute Gasteiger partial charge is 0.261 e. The van der Waals surface area contributed by atoms with Gasteiger partial charge in [-0.25, -0.2) is 4.98 Å². The molecule has 1 N–H and O–H groups in total. The minimum atomic E-state index is -0.386. The highest BCUT2D eigenvalue weighted by Crippen LogP contribution is 2.25. The van der Waals surface area contributed by atoms with E-state index in [1.54, 1.807) is 19.2 Å². The highest BCUT2D eigenvalue weighted by Gasteiger charge is 2.22. The SMILES string of the molecule is CCC(Sc1nc2ccccc2c(=O)n1C)C(=O)Nc1nnc(C)s1. The van der Waals surface area contributed by atoms with Crippen molar-refractivity contribution in [2.45, 2.75) is 30.7 Å². The normalized spacial score (nSPS) is 12.3. The number of carbonyl (C=O) groups is 1. The lowest BCUT2D eigenvalue weighted by Crippen LogP contribution is -2.27. The topological polar surface area (TPSA) is 89.8 Å². The Kier molecular flexibility index (Phi) is 5.14. The van der Waals surface area contributed by atoms with Crippen LogP contribution < -0.4 is 10.9 Å². The number of hydrogen-bond donors (Lipinski definition) is 1. The van der Waals surface area contributed by atoms with Gasteiger partial charge in [-0.2, -0.15) is 0 Å². The van der Waals surface area contributed by atoms with E-state index in [0.29, 0.717) is 27.6 Å². The minimum Gasteiger partial charge on any atom is -0.300 e. The molecule has 0 saturated carbocycles. The van der Waals surface area contributed by atoms with E-state index in [4.69, 9.17) is 0 Å². The van der Waals surface area contributed by atoms with E-state index in [9.17, 15) is 9.59 Å². The molecule has 0 spiro atoms. The minimum absolute atomic E-state index is 0.122. The summed E-state index contributed by atoms with van der Waals surface area (Å²) in [4.78, 5) is 29.5. The number of nitrogens with zero attached hydrogens (tertiary/aromatic N) is 4. The Morgan fingerprint density at radius 3 is 2.80 bits per heavy atom. The lowest BCUT2D eigenvalue weighted by atomic mass is 10.2. The van der Waals surface area contributed by atoms with Gasteiger partial charge in [-0.1, -0.05) is 42.2 Å². The Morgan fingerprint density at radius 1 is 1.36 bits per heavy atom. The Morgan fingerprint density at radius 2 is 2.12 bits per heavy atom. The number of rotatable bonds is 5. The molecule has 0 saturated heterocycles. The van der Waals surface area contributed by atoms with Crippen molar-refractivity contribution in [1.82, 2.24) is 19.7 Å². The van der Waals surface area contributed by atoms with Crippen LogP contribution in [0.3, 0.4) is 0 Å². The summed E-state index contributed by atoms with van der Waals surface area (Å²) in [5, 5.41) is 12.5. The van der Waals surface area contributed by atoms with Gasteiger partial charge in [0, 0.05) is 7.05 Å². The molecule has 1 amide bonds. The van der Waals surface area contributed by atoms with Gasteiger partial charge in [0.25, 0.3) is 5.56 Å². The predicted octanol–water partition coefficient (Wildman–Crippen LogP) is 2.60. The van der Waals surface area contributed by atoms with Crippen molar-refractivity contribution in [3.05, 3.63) is 39.6 Å².